The largest absolute Gasteiger partial charge is 0.487 e. The first-order chi connectivity index (χ1) is 23.1. The monoisotopic (exact) mass is 641 g/mol. The molecule has 4 aromatic rings. The van der Waals surface area contributed by atoms with Crippen LogP contribution in [0.3, 0.4) is 0 Å². The van der Waals surface area contributed by atoms with Gasteiger partial charge < -0.3 is 24.3 Å². The molecule has 15 nitrogen and oxygen atoms in total. The van der Waals surface area contributed by atoms with Crippen LogP contribution in [0.25, 0.3) is 11.1 Å². The van der Waals surface area contributed by atoms with Crippen LogP contribution >= 0.6 is 0 Å². The molecule has 2 aliphatic heterocycles. The second kappa shape index (κ2) is 14.4. The number of nitrogens with one attached hydrogen (secondary N) is 1. The van der Waals surface area contributed by atoms with Crippen molar-refractivity contribution >= 4 is 11.6 Å². The molecule has 47 heavy (non-hydrogen) atoms. The molecule has 0 unspecified atom stereocenters. The smallest absolute Gasteiger partial charge is 0.256 e. The Labute approximate surface area is 272 Å². The number of morpholine rings is 1. The Morgan fingerprint density at radius 2 is 1.83 bits per heavy atom. The van der Waals surface area contributed by atoms with E-state index in [-0.39, 0.29) is 6.10 Å². The van der Waals surface area contributed by atoms with Crippen LogP contribution in [0.2, 0.25) is 0 Å². The van der Waals surface area contributed by atoms with Crippen molar-refractivity contribution in [3.8, 4) is 28.8 Å². The molecule has 1 atom stereocenters. The van der Waals surface area contributed by atoms with Gasteiger partial charge in [-0.3, -0.25) is 9.58 Å². The number of aromatic nitrogens is 8. The SMILES string of the molecule is C[C@@H](Cn1cnnn1)Oc1cc(-c2cnc(Nc3cn(C4CCC(N5CCOCC5)CC4)nc3OCC3COC3)nc2)ccc1C#N. The summed E-state index contributed by atoms with van der Waals surface area (Å²) in [4.78, 5) is 11.8. The van der Waals surface area contributed by atoms with Gasteiger partial charge in [-0.05, 0) is 60.7 Å². The van der Waals surface area contributed by atoms with E-state index in [0.29, 0.717) is 67.5 Å². The summed E-state index contributed by atoms with van der Waals surface area (Å²) in [5, 5.41) is 29.1. The fourth-order valence-electron chi connectivity index (χ4n) is 6.30. The van der Waals surface area contributed by atoms with Gasteiger partial charge in [0.25, 0.3) is 5.88 Å². The zero-order valence-corrected chi connectivity index (χ0v) is 26.4. The van der Waals surface area contributed by atoms with E-state index in [2.05, 4.69) is 46.5 Å². The lowest BCUT2D eigenvalue weighted by Crippen LogP contribution is -2.45. The van der Waals surface area contributed by atoms with Crippen LogP contribution in [0, 0.1) is 17.2 Å². The third-order valence-electron chi connectivity index (χ3n) is 8.96. The molecule has 1 saturated carbocycles. The number of rotatable bonds is 12. The van der Waals surface area contributed by atoms with E-state index < -0.39 is 0 Å². The van der Waals surface area contributed by atoms with Crippen molar-refractivity contribution in [2.45, 2.75) is 57.3 Å². The molecule has 246 valence electrons. The Morgan fingerprint density at radius 1 is 1.04 bits per heavy atom. The first-order valence-electron chi connectivity index (χ1n) is 16.2. The predicted octanol–water partition coefficient (Wildman–Crippen LogP) is 3.25. The molecule has 0 radical (unpaired) electrons. The van der Waals surface area contributed by atoms with E-state index in [1.807, 2.05) is 25.3 Å². The summed E-state index contributed by atoms with van der Waals surface area (Å²) >= 11 is 0. The molecule has 3 fully saturated rings. The van der Waals surface area contributed by atoms with Gasteiger partial charge in [0.1, 0.15) is 29.9 Å². The molecular formula is C32H39N11O4. The van der Waals surface area contributed by atoms with E-state index in [0.717, 1.165) is 68.8 Å². The highest BCUT2D eigenvalue weighted by Gasteiger charge is 2.29. The molecule has 2 saturated heterocycles. The minimum Gasteiger partial charge on any atom is -0.487 e. The highest BCUT2D eigenvalue weighted by Crippen LogP contribution is 2.35. The third-order valence-corrected chi connectivity index (χ3v) is 8.96. The molecule has 0 spiro atoms. The quantitative estimate of drug-likeness (QED) is 0.240. The summed E-state index contributed by atoms with van der Waals surface area (Å²) < 4.78 is 26.8. The normalized spacial score (nSPS) is 21.0. The lowest BCUT2D eigenvalue weighted by atomic mass is 9.90. The van der Waals surface area contributed by atoms with E-state index in [1.54, 1.807) is 23.1 Å². The van der Waals surface area contributed by atoms with Gasteiger partial charge in [-0.25, -0.2) is 14.6 Å². The van der Waals surface area contributed by atoms with Gasteiger partial charge >= 0.3 is 0 Å². The number of nitrogens with zero attached hydrogens (tertiary/aromatic N) is 10. The first kappa shape index (κ1) is 31.0. The van der Waals surface area contributed by atoms with Gasteiger partial charge in [0.2, 0.25) is 5.95 Å². The topological polar surface area (TPSA) is 163 Å². The van der Waals surface area contributed by atoms with Crippen molar-refractivity contribution < 1.29 is 18.9 Å². The fourth-order valence-corrected chi connectivity index (χ4v) is 6.30. The number of ether oxygens (including phenoxy) is 4. The van der Waals surface area contributed by atoms with Crippen molar-refractivity contribution in [1.29, 1.82) is 5.26 Å². The van der Waals surface area contributed by atoms with Crippen molar-refractivity contribution in [3.05, 3.63) is 48.7 Å². The molecule has 3 aromatic heterocycles. The van der Waals surface area contributed by atoms with Crippen molar-refractivity contribution in [2.75, 3.05) is 51.4 Å². The maximum absolute atomic E-state index is 9.66. The van der Waals surface area contributed by atoms with Crippen molar-refractivity contribution in [2.24, 2.45) is 5.92 Å². The zero-order chi connectivity index (χ0) is 32.0. The Hall–Kier alpha value is -4.65. The summed E-state index contributed by atoms with van der Waals surface area (Å²) in [5.74, 6) is 1.82. The van der Waals surface area contributed by atoms with Crippen molar-refractivity contribution in [1.82, 2.24) is 44.9 Å². The van der Waals surface area contributed by atoms with Gasteiger partial charge in [0, 0.05) is 43.0 Å². The number of hydrogen-bond donors (Lipinski definition) is 1. The Balaban J connectivity index is 1.03. The van der Waals surface area contributed by atoms with Crippen LogP contribution in [-0.4, -0.2) is 103 Å². The lowest BCUT2D eigenvalue weighted by molar-refractivity contribution is -0.0514. The molecule has 1 aliphatic carbocycles. The van der Waals surface area contributed by atoms with Crippen LogP contribution in [-0.2, 0) is 16.0 Å². The van der Waals surface area contributed by atoms with Gasteiger partial charge in [-0.1, -0.05) is 6.07 Å². The second-order valence-corrected chi connectivity index (χ2v) is 12.4. The van der Waals surface area contributed by atoms with Gasteiger partial charge in [0.15, 0.2) is 0 Å². The number of benzene rings is 1. The van der Waals surface area contributed by atoms with Gasteiger partial charge in [-0.2, -0.15) is 5.26 Å². The average molecular weight is 642 g/mol. The second-order valence-electron chi connectivity index (χ2n) is 12.4. The highest BCUT2D eigenvalue weighted by molar-refractivity contribution is 5.67. The van der Waals surface area contributed by atoms with Crippen LogP contribution in [0.15, 0.2) is 43.1 Å². The molecule has 1 aromatic carbocycles. The Morgan fingerprint density at radius 3 is 2.53 bits per heavy atom. The van der Waals surface area contributed by atoms with Crippen LogP contribution in [0.1, 0.15) is 44.2 Å². The van der Waals surface area contributed by atoms with Gasteiger partial charge in [-0.15, -0.1) is 10.2 Å². The molecule has 7 rings (SSSR count). The highest BCUT2D eigenvalue weighted by atomic mass is 16.5. The molecule has 3 aliphatic rings. The van der Waals surface area contributed by atoms with Crippen LogP contribution < -0.4 is 14.8 Å². The molecule has 15 heteroatoms. The average Bonchev–Trinajstić information content (AvgIpc) is 3.75. The number of hydrogen-bond acceptors (Lipinski definition) is 13. The van der Waals surface area contributed by atoms with Crippen LogP contribution in [0.4, 0.5) is 11.6 Å². The number of anilines is 2. The standard InChI is InChI=1S/C32H39N11O4/c1-22(16-42-21-36-39-40-42)47-30-12-24(2-3-25(30)13-33)26-14-34-32(35-15-26)37-29-17-43(38-31(29)46-20-23-18-45-19-23)28-6-4-27(5-7-28)41-8-10-44-11-9-41/h2-3,12,14-15,17,21-23,27-28H,4-11,16,18-20H2,1H3,(H,34,35,37)/t22-,27?,28?/m0/s1. The minimum absolute atomic E-state index is 0.266. The zero-order valence-electron chi connectivity index (χ0n) is 26.4. The molecule has 1 N–H and O–H groups in total. The van der Waals surface area contributed by atoms with Crippen molar-refractivity contribution in [3.63, 3.8) is 0 Å². The summed E-state index contributed by atoms with van der Waals surface area (Å²) in [6.45, 7) is 8.01. The van der Waals surface area contributed by atoms with E-state index in [4.69, 9.17) is 24.0 Å². The molecule has 0 bridgehead atoms. The maximum atomic E-state index is 9.66. The molecule has 0 amide bonds. The van der Waals surface area contributed by atoms with E-state index in [9.17, 15) is 5.26 Å². The minimum atomic E-state index is -0.266. The molecule has 5 heterocycles. The number of tetrazole rings is 1. The first-order valence-corrected chi connectivity index (χ1v) is 16.2. The Kier molecular flexibility index (Phi) is 9.50. The Bertz CT molecular complexity index is 1640. The summed E-state index contributed by atoms with van der Waals surface area (Å²) in [7, 11) is 0. The fraction of sp³-hybridized carbons (Fsp3) is 0.531. The molecular weight excluding hydrogens is 602 g/mol. The summed E-state index contributed by atoms with van der Waals surface area (Å²) in [5.41, 5.74) is 2.78. The number of nitriles is 1. The summed E-state index contributed by atoms with van der Waals surface area (Å²) in [6, 6.07) is 8.55. The summed E-state index contributed by atoms with van der Waals surface area (Å²) in [6.07, 6.45) is 11.2. The van der Waals surface area contributed by atoms with Gasteiger partial charge in [0.05, 0.1) is 57.4 Å². The third kappa shape index (κ3) is 7.51. The predicted molar refractivity (Wildman–Crippen MR) is 169 cm³/mol. The van der Waals surface area contributed by atoms with E-state index >= 15 is 0 Å². The van der Waals surface area contributed by atoms with E-state index in [1.165, 1.54) is 6.33 Å². The lowest BCUT2D eigenvalue weighted by Gasteiger charge is -2.38. The maximum Gasteiger partial charge on any atom is 0.256 e. The van der Waals surface area contributed by atoms with Crippen LogP contribution in [0.5, 0.6) is 11.6 Å².